The third-order valence-corrected chi connectivity index (χ3v) is 9.79. The van der Waals surface area contributed by atoms with E-state index < -0.39 is 0 Å². The Morgan fingerprint density at radius 1 is 0.907 bits per heavy atom. The van der Waals surface area contributed by atoms with Crippen molar-refractivity contribution in [2.24, 2.45) is 22.7 Å². The highest BCUT2D eigenvalue weighted by Crippen LogP contribution is 2.57. The summed E-state index contributed by atoms with van der Waals surface area (Å²) in [5, 5.41) is 5.20. The van der Waals surface area contributed by atoms with Crippen molar-refractivity contribution in [2.45, 2.75) is 40.2 Å². The summed E-state index contributed by atoms with van der Waals surface area (Å²) in [4.78, 5) is 6.85. The SMILES string of the molecule is C=C/C(N=C)=C(\C=C)N1CC2=c3ccccc3=C(c3ccc4ccccc4c3)C3=CC(C)C4=C(C32)C1(C)C=CC4C.CC. The minimum atomic E-state index is -0.326. The van der Waals surface area contributed by atoms with Crippen molar-refractivity contribution in [1.82, 2.24) is 4.90 Å². The Morgan fingerprint density at radius 3 is 2.30 bits per heavy atom. The number of likely N-dealkylation sites (tertiary alicyclic amines) is 1. The van der Waals surface area contributed by atoms with E-state index in [2.05, 4.69) is 135 Å². The van der Waals surface area contributed by atoms with Gasteiger partial charge in [-0.15, -0.1) is 0 Å². The number of allylic oxidation sites excluding steroid dienone is 6. The molecule has 2 nitrogen and oxygen atoms in total. The minimum absolute atomic E-state index is 0.223. The molecule has 43 heavy (non-hydrogen) atoms. The molecule has 1 saturated heterocycles. The van der Waals surface area contributed by atoms with Crippen molar-refractivity contribution < 1.29 is 0 Å². The van der Waals surface area contributed by atoms with Crippen LogP contribution in [-0.4, -0.2) is 23.7 Å². The summed E-state index contributed by atoms with van der Waals surface area (Å²) in [6.07, 6.45) is 11.1. The number of nitrogens with zero attached hydrogens (tertiary/aromatic N) is 2. The predicted octanol–water partition coefficient (Wildman–Crippen LogP) is 8.28. The van der Waals surface area contributed by atoms with E-state index in [-0.39, 0.29) is 11.5 Å². The van der Waals surface area contributed by atoms with Gasteiger partial charge in [0.15, 0.2) is 0 Å². The Kier molecular flexibility index (Phi) is 7.34. The van der Waals surface area contributed by atoms with Crippen LogP contribution in [-0.2, 0) is 0 Å². The molecule has 4 unspecified atom stereocenters. The van der Waals surface area contributed by atoms with E-state index in [9.17, 15) is 0 Å². The number of fused-ring (bicyclic) bond motifs is 2. The largest absolute Gasteiger partial charge is 0.353 e. The van der Waals surface area contributed by atoms with Crippen LogP contribution in [0.4, 0.5) is 0 Å². The molecule has 1 fully saturated rings. The molecule has 2 heteroatoms. The first-order valence-electron chi connectivity index (χ1n) is 15.6. The maximum Gasteiger partial charge on any atom is 0.0850 e. The highest BCUT2D eigenvalue weighted by Gasteiger charge is 2.52. The molecule has 3 aliphatic carbocycles. The van der Waals surface area contributed by atoms with Crippen molar-refractivity contribution in [2.75, 3.05) is 6.54 Å². The Hall–Kier alpha value is -4.43. The molecule has 4 atom stereocenters. The standard InChI is InChI=1S/C39H36N2.C2H6/c1-7-33(40-6)34(8-2)41-23-32-29-15-11-12-16-30(29)36(28-18-17-26-13-9-10-14-27(26)22-28)31-21-25(4)35-24(3)19-20-39(41,5)38(35)37(31)32;1-2/h7-22,24-25,37H,1-2,6,23H2,3-5H3;1-2H3/b34-33-;. The molecule has 0 bridgehead atoms. The smallest absolute Gasteiger partial charge is 0.0850 e. The summed E-state index contributed by atoms with van der Waals surface area (Å²) >= 11 is 0. The normalized spacial score (nSPS) is 25.6. The van der Waals surface area contributed by atoms with Crippen LogP contribution in [0, 0.1) is 17.8 Å². The van der Waals surface area contributed by atoms with Crippen LogP contribution in [0.2, 0.25) is 0 Å². The maximum atomic E-state index is 4.36. The quantitative estimate of drug-likeness (QED) is 0.174. The Labute approximate surface area is 256 Å². The summed E-state index contributed by atoms with van der Waals surface area (Å²) in [6.45, 7) is 24.0. The van der Waals surface area contributed by atoms with Gasteiger partial charge in [0.2, 0.25) is 0 Å². The van der Waals surface area contributed by atoms with Crippen LogP contribution in [0.3, 0.4) is 0 Å². The second-order valence-electron chi connectivity index (χ2n) is 11.9. The lowest BCUT2D eigenvalue weighted by molar-refractivity contribution is 0.220. The molecular weight excluding hydrogens is 520 g/mol. The number of hydrogen-bond acceptors (Lipinski definition) is 2. The predicted molar refractivity (Wildman–Crippen MR) is 185 cm³/mol. The number of hydrogen-bond donors (Lipinski definition) is 0. The average Bonchev–Trinajstić information content (AvgIpc) is 3.04. The van der Waals surface area contributed by atoms with E-state index in [4.69, 9.17) is 0 Å². The fourth-order valence-corrected chi connectivity index (χ4v) is 8.03. The van der Waals surface area contributed by atoms with E-state index >= 15 is 0 Å². The Bertz CT molecular complexity index is 1920. The van der Waals surface area contributed by atoms with Crippen molar-refractivity contribution >= 4 is 28.6 Å². The summed E-state index contributed by atoms with van der Waals surface area (Å²) in [5.41, 5.74) is 10.0. The molecule has 0 amide bonds. The van der Waals surface area contributed by atoms with Gasteiger partial charge in [-0.05, 0) is 92.8 Å². The highest BCUT2D eigenvalue weighted by molar-refractivity contribution is 5.93. The molecule has 3 aromatic rings. The van der Waals surface area contributed by atoms with E-state index in [0.717, 1.165) is 17.9 Å². The van der Waals surface area contributed by atoms with Crippen molar-refractivity contribution in [3.8, 4) is 0 Å². The number of rotatable bonds is 5. The van der Waals surface area contributed by atoms with Crippen molar-refractivity contribution in [1.29, 1.82) is 0 Å². The fraction of sp³-hybridized carbons (Fsp3) is 0.244. The van der Waals surface area contributed by atoms with Crippen LogP contribution in [0.5, 0.6) is 0 Å². The first-order valence-corrected chi connectivity index (χ1v) is 15.6. The third-order valence-electron chi connectivity index (χ3n) is 9.79. The van der Waals surface area contributed by atoms with Crippen molar-refractivity contribution in [3.63, 3.8) is 0 Å². The first kappa shape index (κ1) is 28.7. The van der Waals surface area contributed by atoms with Crippen LogP contribution in [0.25, 0.3) is 21.9 Å². The van der Waals surface area contributed by atoms with Gasteiger partial charge in [-0.3, -0.25) is 4.99 Å². The van der Waals surface area contributed by atoms with Gasteiger partial charge < -0.3 is 4.90 Å². The third kappa shape index (κ3) is 4.19. The van der Waals surface area contributed by atoms with Gasteiger partial charge >= 0.3 is 0 Å². The topological polar surface area (TPSA) is 15.6 Å². The molecule has 1 heterocycles. The van der Waals surface area contributed by atoms with E-state index in [0.29, 0.717) is 11.8 Å². The van der Waals surface area contributed by atoms with Crippen LogP contribution in [0.1, 0.15) is 40.2 Å². The van der Waals surface area contributed by atoms with Crippen LogP contribution in [0.15, 0.2) is 143 Å². The summed E-state index contributed by atoms with van der Waals surface area (Å²) in [6, 6.07) is 24.6. The van der Waals surface area contributed by atoms with Gasteiger partial charge in [0.25, 0.3) is 0 Å². The lowest BCUT2D eigenvalue weighted by Crippen LogP contribution is -2.58. The monoisotopic (exact) mass is 562 g/mol. The number of benzene rings is 3. The molecule has 7 rings (SSSR count). The summed E-state index contributed by atoms with van der Waals surface area (Å²) in [5.74, 6) is 0.923. The van der Waals surface area contributed by atoms with Gasteiger partial charge in [0.05, 0.1) is 16.9 Å². The van der Waals surface area contributed by atoms with Gasteiger partial charge in [-0.25, -0.2) is 0 Å². The van der Waals surface area contributed by atoms with E-state index in [1.807, 2.05) is 19.9 Å². The lowest BCUT2D eigenvalue weighted by atomic mass is 9.57. The lowest BCUT2D eigenvalue weighted by Gasteiger charge is -2.57. The van der Waals surface area contributed by atoms with Gasteiger partial charge in [-0.2, -0.15) is 0 Å². The molecule has 0 aromatic heterocycles. The second kappa shape index (κ2) is 11.0. The van der Waals surface area contributed by atoms with E-state index in [1.165, 1.54) is 49.1 Å². The van der Waals surface area contributed by atoms with E-state index in [1.54, 1.807) is 11.6 Å². The van der Waals surface area contributed by atoms with Gasteiger partial charge in [0, 0.05) is 12.5 Å². The average molecular weight is 563 g/mol. The van der Waals surface area contributed by atoms with Crippen LogP contribution < -0.4 is 10.4 Å². The molecule has 0 N–H and O–H groups in total. The second-order valence-corrected chi connectivity index (χ2v) is 11.9. The Balaban J connectivity index is 0.00000161. The Morgan fingerprint density at radius 2 is 1.60 bits per heavy atom. The zero-order valence-electron chi connectivity index (χ0n) is 26.2. The summed E-state index contributed by atoms with van der Waals surface area (Å²) in [7, 11) is 0. The molecular formula is C41H42N2. The fourth-order valence-electron chi connectivity index (χ4n) is 8.03. The van der Waals surface area contributed by atoms with Crippen LogP contribution >= 0.6 is 0 Å². The minimum Gasteiger partial charge on any atom is -0.353 e. The molecule has 0 saturated carbocycles. The summed E-state index contributed by atoms with van der Waals surface area (Å²) < 4.78 is 0. The molecule has 0 radical (unpaired) electrons. The first-order chi connectivity index (χ1) is 20.9. The number of piperidine rings is 1. The maximum absolute atomic E-state index is 4.36. The number of aliphatic imine (C=N–C) groups is 1. The molecule has 4 aliphatic rings. The highest BCUT2D eigenvalue weighted by atomic mass is 15.2. The molecule has 3 aromatic carbocycles. The van der Waals surface area contributed by atoms with Gasteiger partial charge in [0.1, 0.15) is 0 Å². The van der Waals surface area contributed by atoms with Crippen molar-refractivity contribution in [3.05, 3.63) is 154 Å². The molecule has 1 aliphatic heterocycles. The van der Waals surface area contributed by atoms with Gasteiger partial charge in [-0.1, -0.05) is 125 Å². The molecule has 216 valence electrons. The zero-order valence-corrected chi connectivity index (χ0v) is 26.2. The molecule has 0 spiro atoms. The zero-order chi connectivity index (χ0) is 30.5.